The lowest BCUT2D eigenvalue weighted by Crippen LogP contribution is -2.52. The fourth-order valence-corrected chi connectivity index (χ4v) is 3.45. The molecule has 0 amide bonds. The van der Waals surface area contributed by atoms with Crippen molar-refractivity contribution in [1.82, 2.24) is 14.8 Å². The molecule has 2 aromatic rings. The molecule has 3 rings (SSSR count). The lowest BCUT2D eigenvalue weighted by atomic mass is 10.1. The number of halogens is 1. The van der Waals surface area contributed by atoms with Crippen molar-refractivity contribution < 1.29 is 14.2 Å². The van der Waals surface area contributed by atoms with E-state index in [-0.39, 0.29) is 18.5 Å². The third-order valence-electron chi connectivity index (χ3n) is 4.90. The molecule has 1 atom stereocenters. The molecule has 1 aliphatic rings. The second-order valence-corrected chi connectivity index (χ2v) is 6.65. The fraction of sp³-hybridized carbons (Fsp3) is 0.450. The minimum atomic E-state index is -0.247. The average molecular weight is 359 g/mol. The number of hydrogen-bond acceptors (Lipinski definition) is 5. The summed E-state index contributed by atoms with van der Waals surface area (Å²) in [5, 5.41) is 9.45. The standard InChI is InChI=1S/C20H26FN3O2/c1-26-19-6-5-16(20(21)12-19)13-24-10-9-23(15-18(24)7-11-25)14-17-4-2-3-8-22-17/h2-6,8,12,18,25H,7,9-11,13-15H2,1H3. The number of aliphatic hydroxyl groups excluding tert-OH is 1. The molecule has 1 aromatic carbocycles. The number of aliphatic hydroxyl groups is 1. The summed E-state index contributed by atoms with van der Waals surface area (Å²) in [5.74, 6) is 0.279. The van der Waals surface area contributed by atoms with Gasteiger partial charge in [0.2, 0.25) is 0 Å². The van der Waals surface area contributed by atoms with Crippen LogP contribution in [-0.2, 0) is 13.1 Å². The van der Waals surface area contributed by atoms with Crippen molar-refractivity contribution in [3.05, 3.63) is 59.7 Å². The number of methoxy groups -OCH3 is 1. The number of rotatable bonds is 7. The molecule has 1 saturated heterocycles. The maximum atomic E-state index is 14.3. The number of pyridine rings is 1. The maximum Gasteiger partial charge on any atom is 0.131 e. The van der Waals surface area contributed by atoms with Crippen LogP contribution in [0.3, 0.4) is 0 Å². The molecular formula is C20H26FN3O2. The Kier molecular flexibility index (Phi) is 6.55. The molecule has 0 bridgehead atoms. The molecule has 140 valence electrons. The van der Waals surface area contributed by atoms with E-state index < -0.39 is 0 Å². The van der Waals surface area contributed by atoms with E-state index >= 15 is 0 Å². The Morgan fingerprint density at radius 1 is 1.23 bits per heavy atom. The predicted octanol–water partition coefficient (Wildman–Crippen LogP) is 2.30. The van der Waals surface area contributed by atoms with Gasteiger partial charge in [0, 0.05) is 63.2 Å². The molecule has 0 radical (unpaired) electrons. The van der Waals surface area contributed by atoms with Gasteiger partial charge in [-0.15, -0.1) is 0 Å². The highest BCUT2D eigenvalue weighted by molar-refractivity contribution is 5.29. The lowest BCUT2D eigenvalue weighted by Gasteiger charge is -2.41. The third kappa shape index (κ3) is 4.78. The van der Waals surface area contributed by atoms with Crippen molar-refractivity contribution in [2.45, 2.75) is 25.6 Å². The van der Waals surface area contributed by atoms with Crippen molar-refractivity contribution in [2.24, 2.45) is 0 Å². The van der Waals surface area contributed by atoms with Crippen LogP contribution >= 0.6 is 0 Å². The Balaban J connectivity index is 1.65. The zero-order valence-electron chi connectivity index (χ0n) is 15.1. The summed E-state index contributed by atoms with van der Waals surface area (Å²) >= 11 is 0. The normalized spacial score (nSPS) is 18.8. The van der Waals surface area contributed by atoms with Crippen LogP contribution in [0, 0.1) is 5.82 Å². The van der Waals surface area contributed by atoms with Gasteiger partial charge in [-0.05, 0) is 24.6 Å². The van der Waals surface area contributed by atoms with Gasteiger partial charge in [0.05, 0.1) is 12.8 Å². The Bertz CT molecular complexity index is 699. The quantitative estimate of drug-likeness (QED) is 0.822. The van der Waals surface area contributed by atoms with Gasteiger partial charge in [0.15, 0.2) is 0 Å². The molecule has 1 unspecified atom stereocenters. The van der Waals surface area contributed by atoms with Crippen LogP contribution in [0.1, 0.15) is 17.7 Å². The minimum Gasteiger partial charge on any atom is -0.497 e. The topological polar surface area (TPSA) is 48.8 Å². The van der Waals surface area contributed by atoms with Gasteiger partial charge in [-0.1, -0.05) is 12.1 Å². The van der Waals surface area contributed by atoms with Gasteiger partial charge in [0.1, 0.15) is 11.6 Å². The molecular weight excluding hydrogens is 333 g/mol. The van der Waals surface area contributed by atoms with E-state index in [1.165, 1.54) is 13.2 Å². The summed E-state index contributed by atoms with van der Waals surface area (Å²) in [4.78, 5) is 9.00. The molecule has 0 aliphatic carbocycles. The number of hydrogen-bond donors (Lipinski definition) is 1. The Labute approximate surface area is 154 Å². The number of benzene rings is 1. The predicted molar refractivity (Wildman–Crippen MR) is 98.4 cm³/mol. The molecule has 1 aromatic heterocycles. The van der Waals surface area contributed by atoms with E-state index in [4.69, 9.17) is 4.74 Å². The summed E-state index contributed by atoms with van der Waals surface area (Å²) in [6.07, 6.45) is 2.49. The Morgan fingerprint density at radius 2 is 2.12 bits per heavy atom. The van der Waals surface area contributed by atoms with Gasteiger partial charge in [0.25, 0.3) is 0 Å². The molecule has 0 saturated carbocycles. The first-order chi connectivity index (χ1) is 12.7. The van der Waals surface area contributed by atoms with E-state index in [0.29, 0.717) is 24.3 Å². The first-order valence-corrected chi connectivity index (χ1v) is 8.99. The lowest BCUT2D eigenvalue weighted by molar-refractivity contribution is 0.0487. The van der Waals surface area contributed by atoms with Gasteiger partial charge in [-0.3, -0.25) is 14.8 Å². The highest BCUT2D eigenvalue weighted by Crippen LogP contribution is 2.22. The molecule has 1 fully saturated rings. The van der Waals surface area contributed by atoms with Crippen molar-refractivity contribution in [3.63, 3.8) is 0 Å². The van der Waals surface area contributed by atoms with E-state index in [1.54, 1.807) is 12.1 Å². The molecule has 1 N–H and O–H groups in total. The summed E-state index contributed by atoms with van der Waals surface area (Å²) in [6.45, 7) is 4.04. The van der Waals surface area contributed by atoms with Gasteiger partial charge in [-0.25, -0.2) is 4.39 Å². The number of aromatic nitrogens is 1. The minimum absolute atomic E-state index is 0.129. The number of nitrogens with zero attached hydrogens (tertiary/aromatic N) is 3. The highest BCUT2D eigenvalue weighted by atomic mass is 19.1. The molecule has 5 nitrogen and oxygen atoms in total. The van der Waals surface area contributed by atoms with Gasteiger partial charge >= 0.3 is 0 Å². The van der Waals surface area contributed by atoms with Crippen LogP contribution in [0.4, 0.5) is 4.39 Å². The second kappa shape index (κ2) is 9.07. The highest BCUT2D eigenvalue weighted by Gasteiger charge is 2.27. The summed E-state index contributed by atoms with van der Waals surface area (Å²) in [6, 6.07) is 11.1. The van der Waals surface area contributed by atoms with Crippen molar-refractivity contribution >= 4 is 0 Å². The summed E-state index contributed by atoms with van der Waals surface area (Å²) in [7, 11) is 1.53. The van der Waals surface area contributed by atoms with E-state index in [2.05, 4.69) is 14.8 Å². The van der Waals surface area contributed by atoms with Crippen LogP contribution in [0.15, 0.2) is 42.6 Å². The maximum absolute atomic E-state index is 14.3. The third-order valence-corrected chi connectivity index (χ3v) is 4.90. The SMILES string of the molecule is COc1ccc(CN2CCN(Cc3ccccn3)CC2CCO)c(F)c1. The second-order valence-electron chi connectivity index (χ2n) is 6.65. The zero-order chi connectivity index (χ0) is 18.4. The fourth-order valence-electron chi connectivity index (χ4n) is 3.45. The molecule has 6 heteroatoms. The van der Waals surface area contributed by atoms with Crippen LogP contribution in [0.25, 0.3) is 0 Å². The van der Waals surface area contributed by atoms with E-state index in [1.807, 2.05) is 24.4 Å². The van der Waals surface area contributed by atoms with Crippen molar-refractivity contribution in [2.75, 3.05) is 33.4 Å². The van der Waals surface area contributed by atoms with Gasteiger partial charge < -0.3 is 9.84 Å². The first kappa shape index (κ1) is 18.8. The average Bonchev–Trinajstić information content (AvgIpc) is 2.66. The number of piperazine rings is 1. The zero-order valence-corrected chi connectivity index (χ0v) is 15.1. The molecule has 2 heterocycles. The van der Waals surface area contributed by atoms with Crippen molar-refractivity contribution in [3.8, 4) is 5.75 Å². The van der Waals surface area contributed by atoms with Gasteiger partial charge in [-0.2, -0.15) is 0 Å². The summed E-state index contributed by atoms with van der Waals surface area (Å²) < 4.78 is 19.4. The smallest absolute Gasteiger partial charge is 0.131 e. The summed E-state index contributed by atoms with van der Waals surface area (Å²) in [5.41, 5.74) is 1.71. The first-order valence-electron chi connectivity index (χ1n) is 8.99. The van der Waals surface area contributed by atoms with Crippen LogP contribution < -0.4 is 4.74 Å². The Hall–Kier alpha value is -2.02. The van der Waals surface area contributed by atoms with E-state index in [9.17, 15) is 9.50 Å². The monoisotopic (exact) mass is 359 g/mol. The molecule has 1 aliphatic heterocycles. The van der Waals surface area contributed by atoms with Crippen LogP contribution in [0.5, 0.6) is 5.75 Å². The number of ether oxygens (including phenoxy) is 1. The van der Waals surface area contributed by atoms with Crippen molar-refractivity contribution in [1.29, 1.82) is 0 Å². The molecule has 26 heavy (non-hydrogen) atoms. The van der Waals surface area contributed by atoms with Crippen LogP contribution in [0.2, 0.25) is 0 Å². The molecule has 0 spiro atoms. The van der Waals surface area contributed by atoms with Crippen LogP contribution in [-0.4, -0.2) is 59.3 Å². The largest absolute Gasteiger partial charge is 0.497 e. The van der Waals surface area contributed by atoms with E-state index in [0.717, 1.165) is 31.9 Å². The Morgan fingerprint density at radius 3 is 2.81 bits per heavy atom.